The van der Waals surface area contributed by atoms with Gasteiger partial charge in [0.1, 0.15) is 0 Å². The molecule has 2 aromatic carbocycles. The van der Waals surface area contributed by atoms with Gasteiger partial charge >= 0.3 is 12.1 Å². The van der Waals surface area contributed by atoms with Gasteiger partial charge in [-0.05, 0) is 55.0 Å². The van der Waals surface area contributed by atoms with Gasteiger partial charge in [-0.2, -0.15) is 13.2 Å². The molecule has 0 unspecified atom stereocenters. The maximum atomic E-state index is 12.9. The second-order valence-corrected chi connectivity index (χ2v) is 7.19. The van der Waals surface area contributed by atoms with Gasteiger partial charge in [-0.1, -0.05) is 17.7 Å². The molecule has 33 heavy (non-hydrogen) atoms. The van der Waals surface area contributed by atoms with Crippen LogP contribution in [0.1, 0.15) is 32.0 Å². The van der Waals surface area contributed by atoms with Crippen LogP contribution in [0, 0.1) is 6.92 Å². The number of carbonyl (C=O) groups excluding carboxylic acids is 3. The van der Waals surface area contributed by atoms with Crippen molar-refractivity contribution in [2.75, 3.05) is 17.2 Å². The maximum Gasteiger partial charge on any atom is 0.417 e. The summed E-state index contributed by atoms with van der Waals surface area (Å²) in [5.41, 5.74) is -0.230. The van der Waals surface area contributed by atoms with Gasteiger partial charge in [0.2, 0.25) is 0 Å². The summed E-state index contributed by atoms with van der Waals surface area (Å²) >= 11 is 5.54. The van der Waals surface area contributed by atoms with E-state index in [0.717, 1.165) is 6.07 Å². The zero-order chi connectivity index (χ0) is 24.2. The minimum Gasteiger partial charge on any atom is -0.459 e. The van der Waals surface area contributed by atoms with E-state index in [9.17, 15) is 27.6 Å². The van der Waals surface area contributed by atoms with E-state index in [2.05, 4.69) is 10.6 Å². The summed E-state index contributed by atoms with van der Waals surface area (Å²) in [6, 6.07) is 10.3. The minimum atomic E-state index is -4.69. The van der Waals surface area contributed by atoms with Crippen LogP contribution < -0.4 is 10.6 Å². The molecule has 0 aliphatic heterocycles. The highest BCUT2D eigenvalue weighted by atomic mass is 35.5. The fourth-order valence-electron chi connectivity index (χ4n) is 2.71. The van der Waals surface area contributed by atoms with E-state index in [-0.39, 0.29) is 17.0 Å². The molecule has 2 N–H and O–H groups in total. The fraction of sp³-hybridized carbons (Fsp3) is 0.136. The van der Waals surface area contributed by atoms with E-state index in [4.69, 9.17) is 20.8 Å². The molecule has 2 amide bonds. The normalized spacial score (nSPS) is 11.1. The topological polar surface area (TPSA) is 97.6 Å². The number of benzene rings is 2. The number of halogens is 4. The average Bonchev–Trinajstić information content (AvgIpc) is 3.29. The van der Waals surface area contributed by atoms with Crippen molar-refractivity contribution in [1.29, 1.82) is 0 Å². The molecule has 0 aliphatic carbocycles. The zero-order valence-electron chi connectivity index (χ0n) is 17.0. The largest absolute Gasteiger partial charge is 0.459 e. The van der Waals surface area contributed by atoms with E-state index in [1.807, 2.05) is 0 Å². The van der Waals surface area contributed by atoms with Crippen molar-refractivity contribution in [3.05, 3.63) is 82.3 Å². The summed E-state index contributed by atoms with van der Waals surface area (Å²) in [6.07, 6.45) is -3.35. The lowest BCUT2D eigenvalue weighted by atomic mass is 10.1. The molecule has 0 saturated heterocycles. The third-order valence-corrected chi connectivity index (χ3v) is 4.69. The van der Waals surface area contributed by atoms with Crippen LogP contribution in [0.15, 0.2) is 59.2 Å². The van der Waals surface area contributed by atoms with Gasteiger partial charge in [0, 0.05) is 11.4 Å². The van der Waals surface area contributed by atoms with Crippen molar-refractivity contribution in [2.24, 2.45) is 0 Å². The molecule has 1 heterocycles. The number of nitrogens with one attached hydrogen (secondary N) is 2. The van der Waals surface area contributed by atoms with Gasteiger partial charge in [-0.15, -0.1) is 0 Å². The molecule has 3 aromatic rings. The smallest absolute Gasteiger partial charge is 0.417 e. The van der Waals surface area contributed by atoms with Crippen LogP contribution in [0.25, 0.3) is 0 Å². The van der Waals surface area contributed by atoms with Gasteiger partial charge in [0.05, 0.1) is 22.4 Å². The average molecular weight is 481 g/mol. The van der Waals surface area contributed by atoms with Gasteiger partial charge in [-0.25, -0.2) is 4.79 Å². The minimum absolute atomic E-state index is 0.0500. The first-order chi connectivity index (χ1) is 15.5. The number of rotatable bonds is 6. The molecule has 0 spiro atoms. The highest BCUT2D eigenvalue weighted by Crippen LogP contribution is 2.36. The summed E-state index contributed by atoms with van der Waals surface area (Å²) in [4.78, 5) is 36.5. The number of ether oxygens (including phenoxy) is 1. The standard InChI is InChI=1S/C22H16ClF3N2O5/c1-12-4-5-13(9-17(12)28-20(30)18-3-2-8-32-18)21(31)33-11-19(29)27-14-6-7-16(23)15(10-14)22(24,25)26/h2-10H,11H2,1H3,(H,27,29)(H,28,30). The number of esters is 1. The van der Waals surface area contributed by atoms with Crippen LogP contribution in [-0.2, 0) is 15.7 Å². The van der Waals surface area contributed by atoms with Crippen LogP contribution in [0.5, 0.6) is 0 Å². The lowest BCUT2D eigenvalue weighted by molar-refractivity contribution is -0.137. The monoisotopic (exact) mass is 480 g/mol. The summed E-state index contributed by atoms with van der Waals surface area (Å²) in [6.45, 7) is 0.965. The molecule has 0 aliphatic rings. The SMILES string of the molecule is Cc1ccc(C(=O)OCC(=O)Nc2ccc(Cl)c(C(F)(F)F)c2)cc1NC(=O)c1ccco1. The van der Waals surface area contributed by atoms with Gasteiger partial charge in [0.25, 0.3) is 11.8 Å². The number of aryl methyl sites for hydroxylation is 1. The Kier molecular flexibility index (Phi) is 7.07. The van der Waals surface area contributed by atoms with Crippen molar-refractivity contribution in [3.8, 4) is 0 Å². The van der Waals surface area contributed by atoms with Crippen LogP contribution in [0.3, 0.4) is 0 Å². The first kappa shape index (κ1) is 23.9. The molecular formula is C22H16ClF3N2O5. The number of alkyl halides is 3. The molecule has 0 saturated carbocycles. The first-order valence-corrected chi connectivity index (χ1v) is 9.71. The van der Waals surface area contributed by atoms with Crippen molar-refractivity contribution >= 4 is 40.8 Å². The molecule has 0 atom stereocenters. The van der Waals surface area contributed by atoms with E-state index in [1.54, 1.807) is 19.1 Å². The van der Waals surface area contributed by atoms with E-state index >= 15 is 0 Å². The third kappa shape index (κ3) is 6.13. The predicted molar refractivity (Wildman–Crippen MR) is 113 cm³/mol. The lowest BCUT2D eigenvalue weighted by Gasteiger charge is -2.12. The van der Waals surface area contributed by atoms with Crippen LogP contribution in [-0.4, -0.2) is 24.4 Å². The number of furan rings is 1. The molecule has 172 valence electrons. The highest BCUT2D eigenvalue weighted by molar-refractivity contribution is 6.31. The Morgan fingerprint density at radius 1 is 1.06 bits per heavy atom. The van der Waals surface area contributed by atoms with Crippen molar-refractivity contribution < 1.29 is 36.7 Å². The van der Waals surface area contributed by atoms with Gasteiger partial charge in [-0.3, -0.25) is 9.59 Å². The number of amides is 2. The zero-order valence-corrected chi connectivity index (χ0v) is 17.7. The molecule has 11 heteroatoms. The Morgan fingerprint density at radius 2 is 1.82 bits per heavy atom. The Labute approximate surface area is 190 Å². The van der Waals surface area contributed by atoms with Crippen LogP contribution >= 0.6 is 11.6 Å². The van der Waals surface area contributed by atoms with Crippen molar-refractivity contribution in [2.45, 2.75) is 13.1 Å². The molecule has 1 aromatic heterocycles. The predicted octanol–water partition coefficient (Wildman–Crippen LogP) is 5.31. The summed E-state index contributed by atoms with van der Waals surface area (Å²) in [5, 5.41) is 4.30. The molecular weight excluding hydrogens is 465 g/mol. The number of carbonyl (C=O) groups is 3. The molecule has 0 radical (unpaired) electrons. The first-order valence-electron chi connectivity index (χ1n) is 9.34. The quantitative estimate of drug-likeness (QED) is 0.466. The van der Waals surface area contributed by atoms with E-state index in [0.29, 0.717) is 17.3 Å². The number of anilines is 2. The van der Waals surface area contributed by atoms with Crippen LogP contribution in [0.4, 0.5) is 24.5 Å². The molecule has 3 rings (SSSR count). The Balaban J connectivity index is 1.61. The summed E-state index contributed by atoms with van der Waals surface area (Å²) < 4.78 is 48.7. The van der Waals surface area contributed by atoms with Crippen molar-refractivity contribution in [1.82, 2.24) is 0 Å². The van der Waals surface area contributed by atoms with Crippen molar-refractivity contribution in [3.63, 3.8) is 0 Å². The van der Waals surface area contributed by atoms with Gasteiger partial charge in [0.15, 0.2) is 12.4 Å². The van der Waals surface area contributed by atoms with Crippen LogP contribution in [0.2, 0.25) is 5.02 Å². The van der Waals surface area contributed by atoms with E-state index < -0.39 is 41.2 Å². The molecule has 0 bridgehead atoms. The Morgan fingerprint density at radius 3 is 2.48 bits per heavy atom. The third-order valence-electron chi connectivity index (χ3n) is 4.36. The molecule has 7 nitrogen and oxygen atoms in total. The number of hydrogen-bond acceptors (Lipinski definition) is 5. The van der Waals surface area contributed by atoms with E-state index in [1.165, 1.54) is 30.5 Å². The highest BCUT2D eigenvalue weighted by Gasteiger charge is 2.33. The Bertz CT molecular complexity index is 1190. The summed E-state index contributed by atoms with van der Waals surface area (Å²) in [5.74, 6) is -2.16. The maximum absolute atomic E-state index is 12.9. The Hall–Kier alpha value is -3.79. The summed E-state index contributed by atoms with van der Waals surface area (Å²) in [7, 11) is 0. The molecule has 0 fully saturated rings. The number of hydrogen-bond donors (Lipinski definition) is 2. The van der Waals surface area contributed by atoms with Gasteiger partial charge < -0.3 is 19.8 Å². The lowest BCUT2D eigenvalue weighted by Crippen LogP contribution is -2.21. The second kappa shape index (κ2) is 9.78. The second-order valence-electron chi connectivity index (χ2n) is 6.78. The fourth-order valence-corrected chi connectivity index (χ4v) is 2.93.